The Kier molecular flexibility index (Phi) is 3.80. The molecule has 0 radical (unpaired) electrons. The molecule has 0 amide bonds. The molecule has 0 N–H and O–H groups in total. The summed E-state index contributed by atoms with van der Waals surface area (Å²) in [7, 11) is -3.09. The summed E-state index contributed by atoms with van der Waals surface area (Å²) < 4.78 is 26.9. The van der Waals surface area contributed by atoms with Crippen molar-refractivity contribution in [2.45, 2.75) is 13.8 Å². The third-order valence-corrected chi connectivity index (χ3v) is 6.35. The lowest BCUT2D eigenvalue weighted by molar-refractivity contribution is 0.458. The Balaban J connectivity index is 1.53. The molecule has 2 unspecified atom stereocenters. The maximum Gasteiger partial charge on any atom is 0.211 e. The molecule has 0 aliphatic carbocycles. The van der Waals surface area contributed by atoms with E-state index in [1.807, 2.05) is 30.7 Å². The van der Waals surface area contributed by atoms with Crippen LogP contribution in [-0.4, -0.2) is 64.9 Å². The van der Waals surface area contributed by atoms with Gasteiger partial charge in [0.2, 0.25) is 10.0 Å². The van der Waals surface area contributed by atoms with Crippen molar-refractivity contribution in [2.24, 2.45) is 11.8 Å². The first-order valence-electron chi connectivity index (χ1n) is 8.37. The minimum Gasteiger partial charge on any atom is -0.356 e. The van der Waals surface area contributed by atoms with Crippen LogP contribution in [0.25, 0.3) is 5.82 Å². The van der Waals surface area contributed by atoms with Crippen molar-refractivity contribution >= 4 is 15.8 Å². The molecule has 134 valence electrons. The first kappa shape index (κ1) is 16.5. The van der Waals surface area contributed by atoms with Crippen LogP contribution in [0.4, 0.5) is 5.82 Å². The van der Waals surface area contributed by atoms with Crippen LogP contribution in [-0.2, 0) is 10.0 Å². The average molecular weight is 362 g/mol. The van der Waals surface area contributed by atoms with E-state index in [1.165, 1.54) is 6.26 Å². The third kappa shape index (κ3) is 3.02. The standard InChI is InChI=1S/C16H22N6O2S/c1-11-4-12(2)22(19-11)16-5-15(17-10-18-16)20-6-13-8-21(25(3,23)24)9-14(13)7-20/h4-5,10,13-14H,6-9H2,1-3H3. The molecule has 2 aromatic rings. The summed E-state index contributed by atoms with van der Waals surface area (Å²) in [5, 5.41) is 4.48. The van der Waals surface area contributed by atoms with E-state index in [1.54, 1.807) is 10.6 Å². The summed E-state index contributed by atoms with van der Waals surface area (Å²) >= 11 is 0. The minimum atomic E-state index is -3.09. The van der Waals surface area contributed by atoms with Crippen molar-refractivity contribution in [1.29, 1.82) is 0 Å². The van der Waals surface area contributed by atoms with Crippen molar-refractivity contribution in [3.63, 3.8) is 0 Å². The lowest BCUT2D eigenvalue weighted by Crippen LogP contribution is -2.32. The Labute approximate surface area is 147 Å². The molecule has 2 aliphatic heterocycles. The molecule has 9 heteroatoms. The first-order valence-corrected chi connectivity index (χ1v) is 10.2. The van der Waals surface area contributed by atoms with Crippen LogP contribution in [0.5, 0.6) is 0 Å². The Morgan fingerprint density at radius 2 is 1.64 bits per heavy atom. The lowest BCUT2D eigenvalue weighted by Gasteiger charge is -2.21. The summed E-state index contributed by atoms with van der Waals surface area (Å²) in [5.74, 6) is 2.35. The van der Waals surface area contributed by atoms with Crippen LogP contribution in [0.1, 0.15) is 11.4 Å². The van der Waals surface area contributed by atoms with E-state index in [9.17, 15) is 8.42 Å². The largest absolute Gasteiger partial charge is 0.356 e. The van der Waals surface area contributed by atoms with E-state index in [2.05, 4.69) is 20.0 Å². The molecule has 2 aliphatic rings. The van der Waals surface area contributed by atoms with E-state index in [0.29, 0.717) is 24.9 Å². The number of sulfonamides is 1. The fraction of sp³-hybridized carbons (Fsp3) is 0.562. The zero-order valence-electron chi connectivity index (χ0n) is 14.6. The molecule has 4 heterocycles. The highest BCUT2D eigenvalue weighted by molar-refractivity contribution is 7.88. The fourth-order valence-corrected chi connectivity index (χ4v) is 4.82. The third-order valence-electron chi connectivity index (χ3n) is 5.11. The number of hydrogen-bond donors (Lipinski definition) is 0. The molecule has 0 aromatic carbocycles. The van der Waals surface area contributed by atoms with Gasteiger partial charge < -0.3 is 4.90 Å². The van der Waals surface area contributed by atoms with Crippen molar-refractivity contribution in [1.82, 2.24) is 24.1 Å². The molecule has 2 aromatic heterocycles. The van der Waals surface area contributed by atoms with Crippen molar-refractivity contribution < 1.29 is 8.42 Å². The van der Waals surface area contributed by atoms with Crippen LogP contribution in [0, 0.1) is 25.7 Å². The van der Waals surface area contributed by atoms with Gasteiger partial charge in [0, 0.05) is 37.9 Å². The smallest absolute Gasteiger partial charge is 0.211 e. The number of aryl methyl sites for hydroxylation is 2. The number of anilines is 1. The molecule has 0 bridgehead atoms. The van der Waals surface area contributed by atoms with Gasteiger partial charge in [-0.15, -0.1) is 0 Å². The van der Waals surface area contributed by atoms with Gasteiger partial charge in [0.05, 0.1) is 11.9 Å². The van der Waals surface area contributed by atoms with Crippen molar-refractivity contribution in [2.75, 3.05) is 37.3 Å². The topological polar surface area (TPSA) is 84.2 Å². The second kappa shape index (κ2) is 5.77. The molecule has 2 atom stereocenters. The highest BCUT2D eigenvalue weighted by atomic mass is 32.2. The van der Waals surface area contributed by atoms with Crippen LogP contribution in [0.15, 0.2) is 18.5 Å². The number of hydrogen-bond acceptors (Lipinski definition) is 6. The van der Waals surface area contributed by atoms with E-state index < -0.39 is 10.0 Å². The van der Waals surface area contributed by atoms with Crippen LogP contribution < -0.4 is 4.90 Å². The molecular weight excluding hydrogens is 340 g/mol. The SMILES string of the molecule is Cc1cc(C)n(-c2cc(N3CC4CN(S(C)(=O)=O)CC4C3)ncn2)n1. The Bertz CT molecular complexity index is 895. The summed E-state index contributed by atoms with van der Waals surface area (Å²) in [6, 6.07) is 3.97. The normalized spacial score (nSPS) is 24.0. The van der Waals surface area contributed by atoms with Gasteiger partial charge >= 0.3 is 0 Å². The molecule has 2 saturated heterocycles. The monoisotopic (exact) mass is 362 g/mol. The second-order valence-corrected chi connectivity index (χ2v) is 9.06. The van der Waals surface area contributed by atoms with Crippen molar-refractivity contribution in [3.8, 4) is 5.82 Å². The first-order chi connectivity index (χ1) is 11.8. The molecule has 8 nitrogen and oxygen atoms in total. The molecule has 0 spiro atoms. The Morgan fingerprint density at radius 3 is 2.20 bits per heavy atom. The van der Waals surface area contributed by atoms with Gasteiger partial charge in [0.1, 0.15) is 12.1 Å². The average Bonchev–Trinajstić information content (AvgIpc) is 3.19. The van der Waals surface area contributed by atoms with Gasteiger partial charge in [-0.3, -0.25) is 0 Å². The van der Waals surface area contributed by atoms with Crippen LogP contribution in [0.2, 0.25) is 0 Å². The predicted molar refractivity (Wildman–Crippen MR) is 94.2 cm³/mol. The van der Waals surface area contributed by atoms with Gasteiger partial charge in [0.15, 0.2) is 5.82 Å². The maximum atomic E-state index is 11.7. The number of aromatic nitrogens is 4. The Morgan fingerprint density at radius 1 is 1.00 bits per heavy atom. The zero-order valence-corrected chi connectivity index (χ0v) is 15.4. The molecule has 25 heavy (non-hydrogen) atoms. The van der Waals surface area contributed by atoms with Gasteiger partial charge in [-0.1, -0.05) is 0 Å². The van der Waals surface area contributed by atoms with Crippen molar-refractivity contribution in [3.05, 3.63) is 29.8 Å². The van der Waals surface area contributed by atoms with Crippen LogP contribution >= 0.6 is 0 Å². The zero-order chi connectivity index (χ0) is 17.8. The summed E-state index contributed by atoms with van der Waals surface area (Å²) in [5.41, 5.74) is 1.98. The number of fused-ring (bicyclic) bond motifs is 1. The summed E-state index contributed by atoms with van der Waals surface area (Å²) in [4.78, 5) is 11.0. The Hall–Kier alpha value is -2.00. The van der Waals surface area contributed by atoms with Gasteiger partial charge in [-0.05, 0) is 31.7 Å². The van der Waals surface area contributed by atoms with Gasteiger partial charge in [-0.2, -0.15) is 5.10 Å². The molecule has 0 saturated carbocycles. The van der Waals surface area contributed by atoms with Crippen LogP contribution in [0.3, 0.4) is 0 Å². The molecule has 4 rings (SSSR count). The number of rotatable bonds is 3. The summed E-state index contributed by atoms with van der Waals surface area (Å²) in [6.07, 6.45) is 2.86. The van der Waals surface area contributed by atoms with Gasteiger partial charge in [-0.25, -0.2) is 27.4 Å². The van der Waals surface area contributed by atoms with E-state index in [0.717, 1.165) is 36.1 Å². The predicted octanol–water partition coefficient (Wildman–Crippen LogP) is 0.607. The highest BCUT2D eigenvalue weighted by Gasteiger charge is 2.43. The minimum absolute atomic E-state index is 0.363. The fourth-order valence-electron chi connectivity index (χ4n) is 3.89. The summed E-state index contributed by atoms with van der Waals surface area (Å²) in [6.45, 7) is 6.82. The molecular formula is C16H22N6O2S. The van der Waals surface area contributed by atoms with E-state index in [-0.39, 0.29) is 0 Å². The number of nitrogens with zero attached hydrogens (tertiary/aromatic N) is 6. The van der Waals surface area contributed by atoms with E-state index >= 15 is 0 Å². The van der Waals surface area contributed by atoms with E-state index in [4.69, 9.17) is 0 Å². The van der Waals surface area contributed by atoms with Gasteiger partial charge in [0.25, 0.3) is 0 Å². The highest BCUT2D eigenvalue weighted by Crippen LogP contribution is 2.34. The quantitative estimate of drug-likeness (QED) is 0.795. The second-order valence-electron chi connectivity index (χ2n) is 7.08. The molecule has 2 fully saturated rings. The lowest BCUT2D eigenvalue weighted by atomic mass is 10.0. The maximum absolute atomic E-state index is 11.7.